The van der Waals surface area contributed by atoms with Crippen molar-refractivity contribution in [2.75, 3.05) is 0 Å². The normalized spacial score (nSPS) is 10.7. The van der Waals surface area contributed by atoms with E-state index in [2.05, 4.69) is 19.1 Å². The van der Waals surface area contributed by atoms with Crippen molar-refractivity contribution in [2.45, 2.75) is 20.8 Å². The minimum Gasteiger partial charge on any atom is -0.506 e. The highest BCUT2D eigenvalue weighted by Crippen LogP contribution is 2.39. The van der Waals surface area contributed by atoms with E-state index >= 15 is 0 Å². The lowest BCUT2D eigenvalue weighted by Crippen LogP contribution is -1.91. The summed E-state index contributed by atoms with van der Waals surface area (Å²) in [6.45, 7) is 6.16. The Hall–Kier alpha value is -1.18. The van der Waals surface area contributed by atoms with E-state index in [1.807, 2.05) is 13.8 Å². The van der Waals surface area contributed by atoms with Crippen LogP contribution in [0, 0.1) is 20.8 Å². The summed E-state index contributed by atoms with van der Waals surface area (Å²) in [7, 11) is 0. The molecule has 1 N–H and O–H groups in total. The van der Waals surface area contributed by atoms with Crippen molar-refractivity contribution < 1.29 is 5.11 Å². The molecule has 18 heavy (non-hydrogen) atoms. The van der Waals surface area contributed by atoms with Crippen LogP contribution in [-0.4, -0.2) is 5.11 Å². The molecule has 2 aromatic rings. The summed E-state index contributed by atoms with van der Waals surface area (Å²) in [4.78, 5) is 0. The van der Waals surface area contributed by atoms with E-state index in [0.717, 1.165) is 22.3 Å². The van der Waals surface area contributed by atoms with Gasteiger partial charge in [-0.3, -0.25) is 0 Å². The molecule has 0 fully saturated rings. The molecule has 0 saturated heterocycles. The zero-order chi connectivity index (χ0) is 13.4. The second-order valence-corrected chi connectivity index (χ2v) is 5.37. The summed E-state index contributed by atoms with van der Waals surface area (Å²) >= 11 is 12.2. The van der Waals surface area contributed by atoms with Gasteiger partial charge in [0, 0.05) is 11.6 Å². The van der Waals surface area contributed by atoms with Crippen molar-refractivity contribution in [1.82, 2.24) is 0 Å². The predicted molar refractivity (Wildman–Crippen MR) is 77.8 cm³/mol. The lowest BCUT2D eigenvalue weighted by atomic mass is 9.94. The highest BCUT2D eigenvalue weighted by Gasteiger charge is 2.13. The van der Waals surface area contributed by atoms with E-state index in [-0.39, 0.29) is 5.75 Å². The third-order valence-corrected chi connectivity index (χ3v) is 3.60. The van der Waals surface area contributed by atoms with Gasteiger partial charge in [0.1, 0.15) is 5.75 Å². The van der Waals surface area contributed by atoms with Gasteiger partial charge in [-0.25, -0.2) is 0 Å². The number of hydrogen-bond donors (Lipinski definition) is 1. The average Bonchev–Trinajstić information content (AvgIpc) is 2.24. The number of halogens is 2. The van der Waals surface area contributed by atoms with Gasteiger partial charge in [-0.05, 0) is 43.5 Å². The van der Waals surface area contributed by atoms with Crippen LogP contribution in [0.5, 0.6) is 5.75 Å². The summed E-state index contributed by atoms with van der Waals surface area (Å²) in [5.74, 6) is 0.00725. The number of benzene rings is 2. The van der Waals surface area contributed by atoms with Gasteiger partial charge in [-0.1, -0.05) is 40.9 Å². The van der Waals surface area contributed by atoms with Crippen LogP contribution in [0.4, 0.5) is 0 Å². The van der Waals surface area contributed by atoms with Crippen LogP contribution in [0.15, 0.2) is 24.3 Å². The van der Waals surface area contributed by atoms with Gasteiger partial charge < -0.3 is 5.11 Å². The lowest BCUT2D eigenvalue weighted by Gasteiger charge is -2.14. The zero-order valence-electron chi connectivity index (χ0n) is 10.5. The summed E-state index contributed by atoms with van der Waals surface area (Å²) in [5, 5.41) is 10.4. The zero-order valence-corrected chi connectivity index (χ0v) is 12.0. The average molecular weight is 281 g/mol. The molecule has 3 heteroatoms. The van der Waals surface area contributed by atoms with Crippen LogP contribution in [0.25, 0.3) is 11.1 Å². The second kappa shape index (κ2) is 4.83. The molecule has 2 aromatic carbocycles. The molecule has 0 aliphatic carbocycles. The Labute approximate surface area is 117 Å². The topological polar surface area (TPSA) is 20.2 Å². The molecule has 0 heterocycles. The number of aromatic hydroxyl groups is 1. The molecule has 2 rings (SSSR count). The molecule has 0 aliphatic heterocycles. The fourth-order valence-electron chi connectivity index (χ4n) is 2.33. The van der Waals surface area contributed by atoms with Crippen LogP contribution in [0.2, 0.25) is 10.0 Å². The van der Waals surface area contributed by atoms with Crippen molar-refractivity contribution in [3.8, 4) is 16.9 Å². The maximum absolute atomic E-state index is 9.54. The predicted octanol–water partition coefficient (Wildman–Crippen LogP) is 5.29. The van der Waals surface area contributed by atoms with Crippen LogP contribution in [-0.2, 0) is 0 Å². The van der Waals surface area contributed by atoms with E-state index in [1.165, 1.54) is 11.6 Å². The van der Waals surface area contributed by atoms with E-state index in [4.69, 9.17) is 23.2 Å². The second-order valence-electron chi connectivity index (χ2n) is 4.56. The lowest BCUT2D eigenvalue weighted by molar-refractivity contribution is 0.475. The molecule has 94 valence electrons. The smallest absolute Gasteiger partial charge is 0.135 e. The van der Waals surface area contributed by atoms with Gasteiger partial charge in [0.2, 0.25) is 0 Å². The fraction of sp³-hybridized carbons (Fsp3) is 0.200. The molecular weight excluding hydrogens is 267 g/mol. The van der Waals surface area contributed by atoms with E-state index in [1.54, 1.807) is 6.07 Å². The van der Waals surface area contributed by atoms with Gasteiger partial charge in [0.05, 0.1) is 10.0 Å². The van der Waals surface area contributed by atoms with Crippen LogP contribution < -0.4 is 0 Å². The molecule has 0 amide bonds. The Balaban J connectivity index is 2.73. The van der Waals surface area contributed by atoms with Crippen LogP contribution >= 0.6 is 23.2 Å². The maximum Gasteiger partial charge on any atom is 0.135 e. The first-order valence-electron chi connectivity index (χ1n) is 5.66. The Bertz CT molecular complexity index is 595. The Morgan fingerprint density at radius 1 is 0.833 bits per heavy atom. The maximum atomic E-state index is 9.54. The summed E-state index contributed by atoms with van der Waals surface area (Å²) in [5.41, 5.74) is 5.45. The van der Waals surface area contributed by atoms with Gasteiger partial charge in [-0.2, -0.15) is 0 Å². The first-order chi connectivity index (χ1) is 8.40. The Kier molecular flexibility index (Phi) is 3.56. The number of rotatable bonds is 1. The van der Waals surface area contributed by atoms with Gasteiger partial charge in [-0.15, -0.1) is 0 Å². The van der Waals surface area contributed by atoms with Gasteiger partial charge in [0.25, 0.3) is 0 Å². The van der Waals surface area contributed by atoms with Crippen molar-refractivity contribution >= 4 is 23.2 Å². The Morgan fingerprint density at radius 3 is 1.94 bits per heavy atom. The number of phenols is 1. The molecular formula is C15H14Cl2O. The first kappa shape index (κ1) is 13.3. The molecule has 1 nitrogen and oxygen atoms in total. The van der Waals surface area contributed by atoms with Gasteiger partial charge in [0.15, 0.2) is 0 Å². The van der Waals surface area contributed by atoms with Gasteiger partial charge >= 0.3 is 0 Å². The third-order valence-electron chi connectivity index (χ3n) is 2.98. The minimum absolute atomic E-state index is 0.00725. The SMILES string of the molecule is Cc1cc(C)c(-c2cc(Cl)c(O)cc2Cl)c(C)c1. The molecule has 0 aromatic heterocycles. The summed E-state index contributed by atoms with van der Waals surface area (Å²) in [6.07, 6.45) is 0. The van der Waals surface area contributed by atoms with E-state index < -0.39 is 0 Å². The van der Waals surface area contributed by atoms with Crippen LogP contribution in [0.1, 0.15) is 16.7 Å². The molecule has 0 aliphatic rings. The third kappa shape index (κ3) is 2.33. The highest BCUT2D eigenvalue weighted by atomic mass is 35.5. The number of phenolic OH excluding ortho intramolecular Hbond substituents is 1. The summed E-state index contributed by atoms with van der Waals surface area (Å²) in [6, 6.07) is 7.42. The molecule has 0 atom stereocenters. The molecule has 0 radical (unpaired) electrons. The molecule has 0 bridgehead atoms. The fourth-order valence-corrected chi connectivity index (χ4v) is 2.75. The van der Waals surface area contributed by atoms with Crippen molar-refractivity contribution in [1.29, 1.82) is 0 Å². The quantitative estimate of drug-likeness (QED) is 0.752. The Morgan fingerprint density at radius 2 is 1.39 bits per heavy atom. The minimum atomic E-state index is 0.00725. The highest BCUT2D eigenvalue weighted by molar-refractivity contribution is 6.36. The molecule has 0 spiro atoms. The van der Waals surface area contributed by atoms with E-state index in [9.17, 15) is 5.11 Å². The number of aryl methyl sites for hydroxylation is 3. The number of hydrogen-bond acceptors (Lipinski definition) is 1. The molecule has 0 saturated carbocycles. The van der Waals surface area contributed by atoms with Crippen LogP contribution in [0.3, 0.4) is 0 Å². The monoisotopic (exact) mass is 280 g/mol. The standard InChI is InChI=1S/C15H14Cl2O/c1-8-4-9(2)15(10(3)5-8)11-6-13(17)14(18)7-12(11)16/h4-7,18H,1-3H3. The largest absolute Gasteiger partial charge is 0.506 e. The van der Waals surface area contributed by atoms with Crippen molar-refractivity contribution in [3.63, 3.8) is 0 Å². The first-order valence-corrected chi connectivity index (χ1v) is 6.42. The van der Waals surface area contributed by atoms with Crippen molar-refractivity contribution in [2.24, 2.45) is 0 Å². The molecule has 0 unspecified atom stereocenters. The van der Waals surface area contributed by atoms with E-state index in [0.29, 0.717) is 10.0 Å². The van der Waals surface area contributed by atoms with Crippen molar-refractivity contribution in [3.05, 3.63) is 51.0 Å². The summed E-state index contributed by atoms with van der Waals surface area (Å²) < 4.78 is 0.